The first-order chi connectivity index (χ1) is 14.2. The SMILES string of the molecule is C=C(C1=CCC(C(=O)OC)(C(F)(F)F)N(C)C1)c1ccc(NC(=O)OC(C)(C)C)cc1. The van der Waals surface area contributed by atoms with Crippen molar-refractivity contribution in [3.8, 4) is 0 Å². The number of halogens is 3. The van der Waals surface area contributed by atoms with Gasteiger partial charge in [0.1, 0.15) is 5.60 Å². The number of anilines is 1. The number of ether oxygens (including phenoxy) is 2. The lowest BCUT2D eigenvalue weighted by Gasteiger charge is -2.43. The minimum absolute atomic E-state index is 0.134. The number of alkyl halides is 3. The Labute approximate surface area is 179 Å². The van der Waals surface area contributed by atoms with E-state index in [1.165, 1.54) is 13.1 Å². The molecule has 1 heterocycles. The normalized spacial score (nSPS) is 19.9. The number of likely N-dealkylation sites (N-methyl/N-ethyl adjacent to an activating group) is 1. The summed E-state index contributed by atoms with van der Waals surface area (Å²) in [5.74, 6) is -1.35. The molecule has 9 heteroatoms. The predicted molar refractivity (Wildman–Crippen MR) is 111 cm³/mol. The summed E-state index contributed by atoms with van der Waals surface area (Å²) in [7, 11) is 2.17. The fourth-order valence-corrected chi connectivity index (χ4v) is 3.32. The van der Waals surface area contributed by atoms with Gasteiger partial charge in [-0.05, 0) is 56.7 Å². The number of rotatable bonds is 4. The largest absolute Gasteiger partial charge is 0.467 e. The second kappa shape index (κ2) is 8.74. The minimum atomic E-state index is -4.80. The van der Waals surface area contributed by atoms with Gasteiger partial charge in [0.2, 0.25) is 5.54 Å². The van der Waals surface area contributed by atoms with Gasteiger partial charge in [-0.25, -0.2) is 9.59 Å². The molecule has 31 heavy (non-hydrogen) atoms. The molecular weight excluding hydrogens is 413 g/mol. The highest BCUT2D eigenvalue weighted by Gasteiger charge is 2.64. The highest BCUT2D eigenvalue weighted by Crippen LogP contribution is 2.43. The lowest BCUT2D eigenvalue weighted by molar-refractivity contribution is -0.236. The van der Waals surface area contributed by atoms with E-state index in [4.69, 9.17) is 4.74 Å². The molecule has 0 radical (unpaired) electrons. The number of carbonyl (C=O) groups is 2. The molecule has 1 unspecified atom stereocenters. The van der Waals surface area contributed by atoms with Gasteiger partial charge in [-0.3, -0.25) is 10.2 Å². The molecule has 0 spiro atoms. The number of hydrogen-bond acceptors (Lipinski definition) is 5. The van der Waals surface area contributed by atoms with Crippen LogP contribution in [0.1, 0.15) is 32.8 Å². The molecule has 1 atom stereocenters. The Kier molecular flexibility index (Phi) is 6.90. The monoisotopic (exact) mass is 440 g/mol. The Morgan fingerprint density at radius 2 is 1.74 bits per heavy atom. The summed E-state index contributed by atoms with van der Waals surface area (Å²) in [6.07, 6.45) is -4.60. The zero-order chi connectivity index (χ0) is 23.6. The second-order valence-corrected chi connectivity index (χ2v) is 8.32. The van der Waals surface area contributed by atoms with Gasteiger partial charge in [-0.15, -0.1) is 0 Å². The van der Waals surface area contributed by atoms with E-state index in [-0.39, 0.29) is 6.54 Å². The molecule has 1 aliphatic heterocycles. The van der Waals surface area contributed by atoms with Crippen LogP contribution in [0.15, 0.2) is 42.5 Å². The quantitative estimate of drug-likeness (QED) is 0.683. The average Bonchev–Trinajstić information content (AvgIpc) is 2.64. The molecule has 1 N–H and O–H groups in total. The maximum atomic E-state index is 13.7. The predicted octanol–water partition coefficient (Wildman–Crippen LogP) is 4.78. The molecule has 0 bridgehead atoms. The van der Waals surface area contributed by atoms with Gasteiger partial charge in [-0.2, -0.15) is 13.2 Å². The first kappa shape index (κ1) is 24.5. The number of benzene rings is 1. The molecule has 0 fully saturated rings. The van der Waals surface area contributed by atoms with E-state index in [2.05, 4.69) is 16.6 Å². The maximum absolute atomic E-state index is 13.7. The maximum Gasteiger partial charge on any atom is 0.417 e. The first-order valence-corrected chi connectivity index (χ1v) is 9.56. The smallest absolute Gasteiger partial charge is 0.417 e. The van der Waals surface area contributed by atoms with E-state index in [1.54, 1.807) is 45.0 Å². The highest BCUT2D eigenvalue weighted by molar-refractivity contribution is 5.87. The number of esters is 1. The summed E-state index contributed by atoms with van der Waals surface area (Å²) in [5, 5.41) is 2.61. The van der Waals surface area contributed by atoms with Crippen LogP contribution in [-0.2, 0) is 14.3 Å². The van der Waals surface area contributed by atoms with Gasteiger partial charge >= 0.3 is 18.2 Å². The minimum Gasteiger partial charge on any atom is -0.467 e. The van der Waals surface area contributed by atoms with Gasteiger partial charge in [-0.1, -0.05) is 24.8 Å². The van der Waals surface area contributed by atoms with Crippen molar-refractivity contribution >= 4 is 23.3 Å². The number of methoxy groups -OCH3 is 1. The third kappa shape index (κ3) is 5.28. The van der Waals surface area contributed by atoms with Crippen molar-refractivity contribution in [1.29, 1.82) is 0 Å². The molecule has 0 aromatic heterocycles. The Hall–Kier alpha value is -2.81. The van der Waals surface area contributed by atoms with Crippen LogP contribution in [0.2, 0.25) is 0 Å². The van der Waals surface area contributed by atoms with E-state index >= 15 is 0 Å². The summed E-state index contributed by atoms with van der Waals surface area (Å²) in [6, 6.07) is 6.68. The van der Waals surface area contributed by atoms with E-state index in [9.17, 15) is 22.8 Å². The topological polar surface area (TPSA) is 67.9 Å². The Balaban J connectivity index is 2.18. The van der Waals surface area contributed by atoms with Gasteiger partial charge in [0.05, 0.1) is 7.11 Å². The molecule has 0 saturated heterocycles. The van der Waals surface area contributed by atoms with Gasteiger partial charge in [0.25, 0.3) is 0 Å². The van der Waals surface area contributed by atoms with Crippen molar-refractivity contribution in [3.05, 3.63) is 48.1 Å². The Morgan fingerprint density at radius 3 is 2.19 bits per heavy atom. The molecule has 1 amide bonds. The molecule has 170 valence electrons. The highest BCUT2D eigenvalue weighted by atomic mass is 19.4. The number of nitrogens with one attached hydrogen (secondary N) is 1. The zero-order valence-corrected chi connectivity index (χ0v) is 18.2. The van der Waals surface area contributed by atoms with Gasteiger partial charge in [0, 0.05) is 18.7 Å². The van der Waals surface area contributed by atoms with Crippen LogP contribution < -0.4 is 5.32 Å². The fourth-order valence-electron chi connectivity index (χ4n) is 3.32. The summed E-state index contributed by atoms with van der Waals surface area (Å²) in [5.41, 5.74) is -1.09. The van der Waals surface area contributed by atoms with E-state index in [1.807, 2.05) is 0 Å². The van der Waals surface area contributed by atoms with Crippen LogP contribution in [-0.4, -0.2) is 55.0 Å². The van der Waals surface area contributed by atoms with Crippen LogP contribution in [0, 0.1) is 0 Å². The van der Waals surface area contributed by atoms with Crippen molar-refractivity contribution in [2.45, 2.75) is 44.5 Å². The lowest BCUT2D eigenvalue weighted by atomic mass is 9.84. The average molecular weight is 440 g/mol. The summed E-state index contributed by atoms with van der Waals surface area (Å²) in [4.78, 5) is 24.8. The van der Waals surface area contributed by atoms with E-state index in [0.717, 1.165) is 12.0 Å². The molecular formula is C22H27F3N2O4. The third-order valence-electron chi connectivity index (χ3n) is 4.96. The number of amides is 1. The number of carbonyl (C=O) groups excluding carboxylic acids is 2. The zero-order valence-electron chi connectivity index (χ0n) is 18.2. The van der Waals surface area contributed by atoms with Crippen molar-refractivity contribution in [2.24, 2.45) is 0 Å². The third-order valence-corrected chi connectivity index (χ3v) is 4.96. The molecule has 0 aliphatic carbocycles. The van der Waals surface area contributed by atoms with Crippen LogP contribution in [0.5, 0.6) is 0 Å². The van der Waals surface area contributed by atoms with Crippen LogP contribution in [0.4, 0.5) is 23.7 Å². The van der Waals surface area contributed by atoms with Crippen molar-refractivity contribution in [1.82, 2.24) is 4.90 Å². The Morgan fingerprint density at radius 1 is 1.16 bits per heavy atom. The lowest BCUT2D eigenvalue weighted by Crippen LogP contribution is -2.64. The fraction of sp³-hybridized carbons (Fsp3) is 0.455. The molecule has 1 aromatic rings. The molecule has 2 rings (SSSR count). The van der Waals surface area contributed by atoms with Crippen LogP contribution in [0.25, 0.3) is 5.57 Å². The van der Waals surface area contributed by atoms with Crippen LogP contribution in [0.3, 0.4) is 0 Å². The number of hydrogen-bond donors (Lipinski definition) is 1. The van der Waals surface area contributed by atoms with E-state index < -0.39 is 35.8 Å². The van der Waals surface area contributed by atoms with Gasteiger partial charge in [0.15, 0.2) is 0 Å². The molecule has 6 nitrogen and oxygen atoms in total. The second-order valence-electron chi connectivity index (χ2n) is 8.32. The number of nitrogens with zero attached hydrogens (tertiary/aromatic N) is 1. The van der Waals surface area contributed by atoms with Gasteiger partial charge < -0.3 is 9.47 Å². The van der Waals surface area contributed by atoms with Crippen molar-refractivity contribution in [3.63, 3.8) is 0 Å². The standard InChI is InChI=1S/C22H27F3N2O4/c1-14(15-7-9-17(10-8-15)26-19(29)31-20(2,3)4)16-11-12-21(18(28)30-6,22(23,24)25)27(5)13-16/h7-11H,1,12-13H2,2-6H3,(H,26,29). The molecule has 1 aromatic carbocycles. The van der Waals surface area contributed by atoms with Crippen LogP contribution >= 0.6 is 0 Å². The Bertz CT molecular complexity index is 886. The molecule has 0 saturated carbocycles. The summed E-state index contributed by atoms with van der Waals surface area (Å²) in [6.45, 7) is 9.12. The first-order valence-electron chi connectivity index (χ1n) is 9.56. The van der Waals surface area contributed by atoms with Crippen molar-refractivity contribution < 1.29 is 32.2 Å². The van der Waals surface area contributed by atoms with Crippen molar-refractivity contribution in [2.75, 3.05) is 26.0 Å². The molecule has 1 aliphatic rings. The van der Waals surface area contributed by atoms with E-state index in [0.29, 0.717) is 22.4 Å². The summed E-state index contributed by atoms with van der Waals surface area (Å²) >= 11 is 0. The summed E-state index contributed by atoms with van der Waals surface area (Å²) < 4.78 is 50.9.